The molecule has 0 aliphatic rings. The van der Waals surface area contributed by atoms with E-state index in [0.29, 0.717) is 0 Å². The van der Waals surface area contributed by atoms with Crippen LogP contribution in [0, 0.1) is 17.8 Å². The van der Waals surface area contributed by atoms with Gasteiger partial charge in [0.15, 0.2) is 0 Å². The van der Waals surface area contributed by atoms with Gasteiger partial charge < -0.3 is 15.3 Å². The Morgan fingerprint density at radius 2 is 1.47 bits per heavy atom. The van der Waals surface area contributed by atoms with Crippen LogP contribution in [0.25, 0.3) is 0 Å². The molecule has 0 saturated carbocycles. The lowest BCUT2D eigenvalue weighted by atomic mass is 9.81. The van der Waals surface area contributed by atoms with E-state index in [1.807, 2.05) is 0 Å². The maximum atomic E-state index is 10.8. The minimum absolute atomic E-state index is 0.428. The van der Waals surface area contributed by atoms with Gasteiger partial charge in [0.2, 0.25) is 0 Å². The topological polar surface area (TPSA) is 112 Å². The van der Waals surface area contributed by atoms with Gasteiger partial charge in [-0.05, 0) is 5.92 Å². The highest BCUT2D eigenvalue weighted by Gasteiger charge is 2.37. The van der Waals surface area contributed by atoms with Gasteiger partial charge in [-0.3, -0.25) is 14.4 Å². The SMILES string of the molecule is CC(C)C(C(=O)O)C(CC(=O)O)C(=O)O. The van der Waals surface area contributed by atoms with Crippen LogP contribution in [0.4, 0.5) is 0 Å². The summed E-state index contributed by atoms with van der Waals surface area (Å²) in [5.74, 6) is -6.98. The second-order valence-corrected chi connectivity index (χ2v) is 3.65. The molecule has 0 aliphatic heterocycles. The van der Waals surface area contributed by atoms with Crippen LogP contribution in [-0.4, -0.2) is 33.2 Å². The smallest absolute Gasteiger partial charge is 0.307 e. The standard InChI is InChI=1S/C9H14O6/c1-4(2)7(9(14)15)5(8(12)13)3-6(10)11/h4-5,7H,3H2,1-2H3,(H,10,11)(H,12,13)(H,14,15). The largest absolute Gasteiger partial charge is 0.481 e. The summed E-state index contributed by atoms with van der Waals surface area (Å²) in [6.45, 7) is 3.10. The maximum Gasteiger partial charge on any atom is 0.307 e. The van der Waals surface area contributed by atoms with Crippen LogP contribution < -0.4 is 0 Å². The minimum atomic E-state index is -1.39. The summed E-state index contributed by atoms with van der Waals surface area (Å²) in [4.78, 5) is 32.0. The molecule has 0 heterocycles. The van der Waals surface area contributed by atoms with E-state index in [9.17, 15) is 14.4 Å². The zero-order valence-corrected chi connectivity index (χ0v) is 8.51. The van der Waals surface area contributed by atoms with Crippen molar-refractivity contribution in [2.24, 2.45) is 17.8 Å². The van der Waals surface area contributed by atoms with Crippen LogP contribution in [0.3, 0.4) is 0 Å². The third kappa shape index (κ3) is 3.97. The molecule has 0 bridgehead atoms. The molecule has 0 aromatic heterocycles. The van der Waals surface area contributed by atoms with Crippen molar-refractivity contribution >= 4 is 17.9 Å². The number of carbonyl (C=O) groups is 3. The molecule has 0 aromatic rings. The second-order valence-electron chi connectivity index (χ2n) is 3.65. The Bertz CT molecular complexity index is 270. The van der Waals surface area contributed by atoms with Gasteiger partial charge in [0, 0.05) is 0 Å². The van der Waals surface area contributed by atoms with E-state index in [0.717, 1.165) is 0 Å². The van der Waals surface area contributed by atoms with Gasteiger partial charge >= 0.3 is 17.9 Å². The predicted octanol–water partition coefficient (Wildman–Crippen LogP) is 0.519. The van der Waals surface area contributed by atoms with Crippen molar-refractivity contribution < 1.29 is 29.7 Å². The summed E-state index contributed by atoms with van der Waals surface area (Å²) < 4.78 is 0. The molecule has 0 radical (unpaired) electrons. The third-order valence-electron chi connectivity index (χ3n) is 2.15. The molecule has 0 fully saturated rings. The van der Waals surface area contributed by atoms with E-state index in [-0.39, 0.29) is 0 Å². The van der Waals surface area contributed by atoms with Crippen molar-refractivity contribution in [3.05, 3.63) is 0 Å². The lowest BCUT2D eigenvalue weighted by Gasteiger charge is -2.21. The zero-order valence-electron chi connectivity index (χ0n) is 8.51. The summed E-state index contributed by atoms with van der Waals surface area (Å²) in [6, 6.07) is 0. The molecule has 2 atom stereocenters. The molecular weight excluding hydrogens is 204 g/mol. The van der Waals surface area contributed by atoms with Gasteiger partial charge in [0.05, 0.1) is 18.3 Å². The van der Waals surface area contributed by atoms with Gasteiger partial charge in [0.1, 0.15) is 0 Å². The second kappa shape index (κ2) is 5.33. The predicted molar refractivity (Wildman–Crippen MR) is 49.3 cm³/mol. The summed E-state index contributed by atoms with van der Waals surface area (Å²) in [6.07, 6.45) is -0.676. The van der Waals surface area contributed by atoms with E-state index in [1.54, 1.807) is 13.8 Å². The van der Waals surface area contributed by atoms with Crippen molar-refractivity contribution in [3.63, 3.8) is 0 Å². The molecular formula is C9H14O6. The Kier molecular flexibility index (Phi) is 4.77. The van der Waals surface area contributed by atoms with E-state index < -0.39 is 42.1 Å². The Hall–Kier alpha value is -1.59. The highest BCUT2D eigenvalue weighted by Crippen LogP contribution is 2.24. The average molecular weight is 218 g/mol. The van der Waals surface area contributed by atoms with Crippen LogP contribution in [0.5, 0.6) is 0 Å². The van der Waals surface area contributed by atoms with Gasteiger partial charge in [-0.25, -0.2) is 0 Å². The first-order chi connectivity index (χ1) is 6.77. The first-order valence-corrected chi connectivity index (χ1v) is 4.44. The molecule has 0 aromatic carbocycles. The number of hydrogen-bond acceptors (Lipinski definition) is 3. The van der Waals surface area contributed by atoms with Gasteiger partial charge in [-0.1, -0.05) is 13.8 Å². The van der Waals surface area contributed by atoms with Crippen molar-refractivity contribution in [3.8, 4) is 0 Å². The number of hydrogen-bond donors (Lipinski definition) is 3. The number of carboxylic acid groups (broad SMARTS) is 3. The molecule has 0 rings (SSSR count). The first-order valence-electron chi connectivity index (χ1n) is 4.44. The van der Waals surface area contributed by atoms with Gasteiger partial charge in [0.25, 0.3) is 0 Å². The lowest BCUT2D eigenvalue weighted by Crippen LogP contribution is -2.35. The molecule has 0 aliphatic carbocycles. The summed E-state index contributed by atoms with van der Waals surface area (Å²) in [5, 5.41) is 26.1. The Morgan fingerprint density at radius 1 is 1.00 bits per heavy atom. The third-order valence-corrected chi connectivity index (χ3v) is 2.15. The highest BCUT2D eigenvalue weighted by atomic mass is 16.4. The van der Waals surface area contributed by atoms with E-state index in [1.165, 1.54) is 0 Å². The number of rotatable bonds is 6. The Morgan fingerprint density at radius 3 is 1.67 bits per heavy atom. The number of carboxylic acids is 3. The van der Waals surface area contributed by atoms with E-state index in [2.05, 4.69) is 0 Å². The number of aliphatic carboxylic acids is 3. The van der Waals surface area contributed by atoms with Crippen LogP contribution in [-0.2, 0) is 14.4 Å². The molecule has 2 unspecified atom stereocenters. The summed E-state index contributed by atoms with van der Waals surface area (Å²) in [7, 11) is 0. The molecule has 3 N–H and O–H groups in total. The van der Waals surface area contributed by atoms with Gasteiger partial charge in [-0.2, -0.15) is 0 Å². The fourth-order valence-corrected chi connectivity index (χ4v) is 1.48. The van der Waals surface area contributed by atoms with Gasteiger partial charge in [-0.15, -0.1) is 0 Å². The molecule has 15 heavy (non-hydrogen) atoms. The fraction of sp³-hybridized carbons (Fsp3) is 0.667. The fourth-order valence-electron chi connectivity index (χ4n) is 1.48. The molecule has 86 valence electrons. The molecule has 6 heteroatoms. The average Bonchev–Trinajstić information content (AvgIpc) is 2.00. The van der Waals surface area contributed by atoms with Crippen LogP contribution in [0.2, 0.25) is 0 Å². The summed E-state index contributed by atoms with van der Waals surface area (Å²) >= 11 is 0. The van der Waals surface area contributed by atoms with Crippen LogP contribution in [0.15, 0.2) is 0 Å². The van der Waals surface area contributed by atoms with E-state index >= 15 is 0 Å². The zero-order chi connectivity index (χ0) is 12.2. The van der Waals surface area contributed by atoms with Crippen molar-refractivity contribution in [1.29, 1.82) is 0 Å². The first kappa shape index (κ1) is 13.4. The van der Waals surface area contributed by atoms with E-state index in [4.69, 9.17) is 15.3 Å². The van der Waals surface area contributed by atoms with Crippen LogP contribution >= 0.6 is 0 Å². The van der Waals surface area contributed by atoms with Crippen molar-refractivity contribution in [2.45, 2.75) is 20.3 Å². The molecule has 0 amide bonds. The van der Waals surface area contributed by atoms with Crippen molar-refractivity contribution in [1.82, 2.24) is 0 Å². The quantitative estimate of drug-likeness (QED) is 0.599. The lowest BCUT2D eigenvalue weighted by molar-refractivity contribution is -0.158. The summed E-state index contributed by atoms with van der Waals surface area (Å²) in [5.41, 5.74) is 0. The van der Waals surface area contributed by atoms with Crippen LogP contribution in [0.1, 0.15) is 20.3 Å². The Balaban J connectivity index is 4.92. The maximum absolute atomic E-state index is 10.8. The normalized spacial score (nSPS) is 14.6. The monoisotopic (exact) mass is 218 g/mol. The molecule has 0 spiro atoms. The Labute approximate surface area is 86.5 Å². The molecule has 0 saturated heterocycles. The minimum Gasteiger partial charge on any atom is -0.481 e. The van der Waals surface area contributed by atoms with Crippen molar-refractivity contribution in [2.75, 3.05) is 0 Å². The highest BCUT2D eigenvalue weighted by molar-refractivity contribution is 5.84. The molecule has 6 nitrogen and oxygen atoms in total.